The quantitative estimate of drug-likeness (QED) is 0.322. The molecule has 9 heteroatoms. The highest BCUT2D eigenvalue weighted by Gasteiger charge is 2.37. The van der Waals surface area contributed by atoms with Crippen LogP contribution in [0.25, 0.3) is 16.9 Å². The molecule has 1 N–H and O–H groups in total. The number of carbonyl (C=O) groups is 1. The number of ether oxygens (including phenoxy) is 1. The molecular formula is C30H31N5O4. The van der Waals surface area contributed by atoms with Gasteiger partial charge in [-0.1, -0.05) is 62.7 Å². The Hall–Kier alpha value is -4.29. The second-order valence-corrected chi connectivity index (χ2v) is 9.97. The minimum absolute atomic E-state index is 0.0911. The number of nitriles is 1. The molecule has 4 aromatic rings. The number of benzene rings is 2. The maximum atomic E-state index is 14.0. The molecule has 0 saturated heterocycles. The topological polar surface area (TPSA) is 123 Å². The fourth-order valence-electron chi connectivity index (χ4n) is 5.34. The molecule has 2 heterocycles. The summed E-state index contributed by atoms with van der Waals surface area (Å²) in [6.07, 6.45) is 3.88. The Morgan fingerprint density at radius 2 is 1.92 bits per heavy atom. The summed E-state index contributed by atoms with van der Waals surface area (Å²) in [5, 5.41) is 23.3. The lowest BCUT2D eigenvalue weighted by Crippen LogP contribution is -2.43. The number of aromatic nitrogens is 4. The number of fused-ring (bicyclic) bond motifs is 1. The zero-order valence-corrected chi connectivity index (χ0v) is 22.1. The van der Waals surface area contributed by atoms with Gasteiger partial charge in [0.2, 0.25) is 5.78 Å². The van der Waals surface area contributed by atoms with E-state index in [-0.39, 0.29) is 17.7 Å². The summed E-state index contributed by atoms with van der Waals surface area (Å²) in [6.45, 7) is 3.85. The molecule has 9 nitrogen and oxygen atoms in total. The molecule has 200 valence electrons. The van der Waals surface area contributed by atoms with E-state index >= 15 is 0 Å². The second-order valence-electron chi connectivity index (χ2n) is 9.97. The van der Waals surface area contributed by atoms with Crippen molar-refractivity contribution in [1.82, 2.24) is 19.2 Å². The number of hydrogen-bond acceptors (Lipinski definition) is 6. The van der Waals surface area contributed by atoms with E-state index < -0.39 is 12.1 Å². The first-order valence-electron chi connectivity index (χ1n) is 13.4. The zero-order valence-electron chi connectivity index (χ0n) is 22.1. The van der Waals surface area contributed by atoms with E-state index in [4.69, 9.17) is 4.74 Å². The summed E-state index contributed by atoms with van der Waals surface area (Å²) in [4.78, 5) is 29.8. The summed E-state index contributed by atoms with van der Waals surface area (Å²) >= 11 is 0. The van der Waals surface area contributed by atoms with Gasteiger partial charge in [0.25, 0.3) is 5.56 Å². The lowest BCUT2D eigenvalue weighted by Gasteiger charge is -2.37. The van der Waals surface area contributed by atoms with E-state index in [2.05, 4.69) is 23.1 Å². The van der Waals surface area contributed by atoms with Crippen molar-refractivity contribution in [3.8, 4) is 17.2 Å². The summed E-state index contributed by atoms with van der Waals surface area (Å²) in [7, 11) is 0. The van der Waals surface area contributed by atoms with Gasteiger partial charge in [-0.3, -0.25) is 9.36 Å². The molecule has 0 bridgehead atoms. The Balaban J connectivity index is 1.47. The largest absolute Gasteiger partial charge is 0.479 e. The zero-order chi connectivity index (χ0) is 27.5. The van der Waals surface area contributed by atoms with E-state index in [0.29, 0.717) is 49.0 Å². The number of carboxylic acids is 1. The standard InChI is InChI=1S/C30H31N5O4/c1-3-7-26-25(14-19-10-12-20(13-11-19)24-9-6-5-8-21(24)17-31)28(36)34(30-32-18-33-35(26)30)22-15-23(16-22)39-27(4-2)29(37)38/h5-6,8-13,18,22-23,27H,3-4,7,14-16H2,1-2H3,(H,37,38)/t22-,23+,27?. The SMILES string of the molecule is CCCc1c(Cc2ccc(-c3ccccc3C#N)cc2)c(=O)n([C@H]2C[C@@H](OC(CC)C(=O)O)C2)c2ncnn12. The molecule has 5 rings (SSSR count). The van der Waals surface area contributed by atoms with Crippen LogP contribution in [0.5, 0.6) is 0 Å². The first kappa shape index (κ1) is 26.3. The van der Waals surface area contributed by atoms with Crippen molar-refractivity contribution in [3.63, 3.8) is 0 Å². The molecule has 0 spiro atoms. The first-order chi connectivity index (χ1) is 18.9. The second kappa shape index (κ2) is 11.2. The highest BCUT2D eigenvalue weighted by molar-refractivity contribution is 5.72. The predicted molar refractivity (Wildman–Crippen MR) is 145 cm³/mol. The Kier molecular flexibility index (Phi) is 7.57. The summed E-state index contributed by atoms with van der Waals surface area (Å²) in [5.74, 6) is -0.462. The minimum Gasteiger partial charge on any atom is -0.479 e. The van der Waals surface area contributed by atoms with Crippen LogP contribution in [0.4, 0.5) is 0 Å². The minimum atomic E-state index is -0.966. The van der Waals surface area contributed by atoms with Crippen LogP contribution in [0, 0.1) is 11.3 Å². The molecule has 1 unspecified atom stereocenters. The molecular weight excluding hydrogens is 494 g/mol. The highest BCUT2D eigenvalue weighted by atomic mass is 16.5. The number of nitrogens with zero attached hydrogens (tertiary/aromatic N) is 5. The summed E-state index contributed by atoms with van der Waals surface area (Å²) in [5.41, 5.74) is 4.87. The van der Waals surface area contributed by atoms with Gasteiger partial charge in [-0.15, -0.1) is 0 Å². The highest BCUT2D eigenvalue weighted by Crippen LogP contribution is 2.36. The van der Waals surface area contributed by atoms with E-state index in [9.17, 15) is 20.0 Å². The molecule has 39 heavy (non-hydrogen) atoms. The van der Waals surface area contributed by atoms with E-state index in [1.807, 2.05) is 42.5 Å². The van der Waals surface area contributed by atoms with E-state index in [1.165, 1.54) is 6.33 Å². The van der Waals surface area contributed by atoms with Crippen molar-refractivity contribution < 1.29 is 14.6 Å². The molecule has 2 aromatic carbocycles. The van der Waals surface area contributed by atoms with Crippen LogP contribution in [0.15, 0.2) is 59.7 Å². The van der Waals surface area contributed by atoms with Crippen LogP contribution in [-0.4, -0.2) is 42.4 Å². The molecule has 0 aliphatic heterocycles. The predicted octanol–water partition coefficient (Wildman–Crippen LogP) is 4.56. The van der Waals surface area contributed by atoms with Crippen LogP contribution in [0.1, 0.15) is 68.0 Å². The number of rotatable bonds is 10. The first-order valence-corrected chi connectivity index (χ1v) is 13.4. The normalized spacial score (nSPS) is 17.5. The van der Waals surface area contributed by atoms with Gasteiger partial charge in [0.15, 0.2) is 6.10 Å². The van der Waals surface area contributed by atoms with E-state index in [0.717, 1.165) is 28.8 Å². The van der Waals surface area contributed by atoms with Crippen molar-refractivity contribution in [3.05, 3.63) is 87.6 Å². The van der Waals surface area contributed by atoms with Crippen molar-refractivity contribution in [2.24, 2.45) is 0 Å². The smallest absolute Gasteiger partial charge is 0.332 e. The third-order valence-electron chi connectivity index (χ3n) is 7.44. The molecule has 2 aromatic heterocycles. The van der Waals surface area contributed by atoms with Crippen LogP contribution in [-0.2, 0) is 22.4 Å². The van der Waals surface area contributed by atoms with Gasteiger partial charge in [-0.2, -0.15) is 15.3 Å². The third-order valence-corrected chi connectivity index (χ3v) is 7.44. The lowest BCUT2D eigenvalue weighted by atomic mass is 9.88. The maximum Gasteiger partial charge on any atom is 0.332 e. The van der Waals surface area contributed by atoms with Crippen LogP contribution in [0.3, 0.4) is 0 Å². The Bertz CT molecular complexity index is 1590. The fraction of sp³-hybridized carbons (Fsp3) is 0.367. The molecule has 0 radical (unpaired) electrons. The van der Waals surface area contributed by atoms with Crippen LogP contribution >= 0.6 is 0 Å². The number of aliphatic carboxylic acids is 1. The Morgan fingerprint density at radius 1 is 1.18 bits per heavy atom. The van der Waals surface area contributed by atoms with Crippen molar-refractivity contribution in [2.45, 2.75) is 70.6 Å². The van der Waals surface area contributed by atoms with Gasteiger partial charge in [-0.25, -0.2) is 9.31 Å². The monoisotopic (exact) mass is 525 g/mol. The molecule has 1 aliphatic carbocycles. The number of hydrogen-bond donors (Lipinski definition) is 1. The summed E-state index contributed by atoms with van der Waals surface area (Å²) in [6, 6.07) is 17.6. The molecule has 1 atom stereocenters. The number of aryl methyl sites for hydroxylation is 1. The van der Waals surface area contributed by atoms with E-state index in [1.54, 1.807) is 22.1 Å². The van der Waals surface area contributed by atoms with Gasteiger partial charge in [0.05, 0.1) is 23.4 Å². The van der Waals surface area contributed by atoms with Crippen molar-refractivity contribution >= 4 is 11.7 Å². The third kappa shape index (κ3) is 5.08. The molecule has 0 amide bonds. The average molecular weight is 526 g/mol. The fourth-order valence-corrected chi connectivity index (χ4v) is 5.34. The van der Waals surface area contributed by atoms with Gasteiger partial charge in [0, 0.05) is 18.0 Å². The Morgan fingerprint density at radius 3 is 2.59 bits per heavy atom. The molecule has 1 aliphatic rings. The summed E-state index contributed by atoms with van der Waals surface area (Å²) < 4.78 is 9.24. The van der Waals surface area contributed by atoms with Crippen LogP contribution < -0.4 is 5.56 Å². The van der Waals surface area contributed by atoms with Gasteiger partial charge >= 0.3 is 5.97 Å². The van der Waals surface area contributed by atoms with Gasteiger partial charge in [0.1, 0.15) is 6.33 Å². The Labute approximate surface area is 226 Å². The van der Waals surface area contributed by atoms with Gasteiger partial charge in [-0.05, 0) is 48.4 Å². The average Bonchev–Trinajstić information content (AvgIpc) is 3.41. The number of carboxylic acid groups (broad SMARTS) is 1. The van der Waals surface area contributed by atoms with Crippen LogP contribution in [0.2, 0.25) is 0 Å². The van der Waals surface area contributed by atoms with Gasteiger partial charge < -0.3 is 9.84 Å². The molecule has 1 fully saturated rings. The lowest BCUT2D eigenvalue weighted by molar-refractivity contribution is -0.160. The van der Waals surface area contributed by atoms with Crippen molar-refractivity contribution in [2.75, 3.05) is 0 Å². The maximum absolute atomic E-state index is 14.0. The van der Waals surface area contributed by atoms with Crippen molar-refractivity contribution in [1.29, 1.82) is 5.26 Å². The molecule has 1 saturated carbocycles.